The molecule has 0 bridgehead atoms. The van der Waals surface area contributed by atoms with Crippen molar-refractivity contribution in [2.45, 2.75) is 21.8 Å². The molecule has 3 heterocycles. The van der Waals surface area contributed by atoms with Gasteiger partial charge in [0.2, 0.25) is 9.84 Å². The summed E-state index contributed by atoms with van der Waals surface area (Å²) in [6.07, 6.45) is 10.4. The first kappa shape index (κ1) is 20.4. The van der Waals surface area contributed by atoms with Gasteiger partial charge in [-0.05, 0) is 18.2 Å². The summed E-state index contributed by atoms with van der Waals surface area (Å²) in [5.41, 5.74) is 5.10. The molecule has 0 spiro atoms. The Kier molecular flexibility index (Phi) is 4.35. The molecule has 0 fully saturated rings. The SMILES string of the molecule is O=S1(=O)c2ccccc2-c2cc(-c3nc(C4C=NC5C=CC=CC54)[nH]c3-c3ccccc3)ccc21. The van der Waals surface area contributed by atoms with Crippen LogP contribution in [0.5, 0.6) is 0 Å². The van der Waals surface area contributed by atoms with Gasteiger partial charge in [0.1, 0.15) is 5.82 Å². The van der Waals surface area contributed by atoms with Crippen LogP contribution in [0, 0.1) is 5.92 Å². The molecule has 3 aliphatic rings. The summed E-state index contributed by atoms with van der Waals surface area (Å²) < 4.78 is 26.2. The number of hydrogen-bond acceptors (Lipinski definition) is 4. The Morgan fingerprint density at radius 2 is 1.54 bits per heavy atom. The number of hydrogen-bond donors (Lipinski definition) is 1. The van der Waals surface area contributed by atoms with E-state index >= 15 is 0 Å². The quantitative estimate of drug-likeness (QED) is 0.356. The predicted molar refractivity (Wildman–Crippen MR) is 137 cm³/mol. The lowest BCUT2D eigenvalue weighted by Crippen LogP contribution is -2.18. The number of rotatable bonds is 3. The second-order valence-electron chi connectivity index (χ2n) is 9.08. The Morgan fingerprint density at radius 1 is 0.771 bits per heavy atom. The molecule has 4 aromatic rings. The largest absolute Gasteiger partial charge is 0.341 e. The molecule has 2 aliphatic heterocycles. The summed E-state index contributed by atoms with van der Waals surface area (Å²) in [4.78, 5) is 14.1. The smallest absolute Gasteiger partial charge is 0.207 e. The third-order valence-electron chi connectivity index (χ3n) is 7.09. The van der Waals surface area contributed by atoms with Gasteiger partial charge in [0, 0.05) is 34.4 Å². The summed E-state index contributed by atoms with van der Waals surface area (Å²) in [5, 5.41) is 0. The van der Waals surface area contributed by atoms with Crippen molar-refractivity contribution < 1.29 is 8.42 Å². The number of benzene rings is 3. The van der Waals surface area contributed by atoms with Crippen LogP contribution in [0.2, 0.25) is 0 Å². The van der Waals surface area contributed by atoms with Crippen LogP contribution in [-0.4, -0.2) is 30.6 Å². The van der Waals surface area contributed by atoms with E-state index in [1.165, 1.54) is 0 Å². The lowest BCUT2D eigenvalue weighted by molar-refractivity contribution is 0.569. The van der Waals surface area contributed by atoms with Crippen molar-refractivity contribution in [1.82, 2.24) is 9.97 Å². The molecule has 0 radical (unpaired) electrons. The average Bonchev–Trinajstić information content (AvgIpc) is 3.58. The summed E-state index contributed by atoms with van der Waals surface area (Å²) >= 11 is 0. The van der Waals surface area contributed by atoms with Gasteiger partial charge in [-0.1, -0.05) is 78.9 Å². The van der Waals surface area contributed by atoms with Crippen LogP contribution in [-0.2, 0) is 9.84 Å². The third kappa shape index (κ3) is 3.03. The van der Waals surface area contributed by atoms with Gasteiger partial charge in [-0.3, -0.25) is 4.99 Å². The molecule has 5 nitrogen and oxygen atoms in total. The van der Waals surface area contributed by atoms with Gasteiger partial charge >= 0.3 is 0 Å². The van der Waals surface area contributed by atoms with Crippen LogP contribution >= 0.6 is 0 Å². The van der Waals surface area contributed by atoms with E-state index in [2.05, 4.69) is 35.3 Å². The molecule has 1 aliphatic carbocycles. The van der Waals surface area contributed by atoms with Crippen LogP contribution in [0.25, 0.3) is 33.6 Å². The Morgan fingerprint density at radius 3 is 2.43 bits per heavy atom. The van der Waals surface area contributed by atoms with E-state index in [-0.39, 0.29) is 17.9 Å². The van der Waals surface area contributed by atoms with Gasteiger partial charge in [-0.15, -0.1) is 0 Å². The number of sulfone groups is 1. The molecule has 1 aromatic heterocycles. The van der Waals surface area contributed by atoms with Crippen molar-refractivity contribution in [3.63, 3.8) is 0 Å². The van der Waals surface area contributed by atoms with Crippen molar-refractivity contribution in [2.75, 3.05) is 0 Å². The van der Waals surface area contributed by atoms with Crippen LogP contribution in [0.3, 0.4) is 0 Å². The highest BCUT2D eigenvalue weighted by Gasteiger charge is 2.36. The molecule has 170 valence electrons. The minimum absolute atomic E-state index is 0.0490. The number of aliphatic imine (C=N–C) groups is 1. The predicted octanol–water partition coefficient (Wildman–Crippen LogP) is 5.84. The number of nitrogens with one attached hydrogen (secondary N) is 1. The fourth-order valence-corrected chi connectivity index (χ4v) is 7.04. The van der Waals surface area contributed by atoms with Gasteiger partial charge in [-0.25, -0.2) is 13.4 Å². The van der Waals surface area contributed by atoms with Crippen molar-refractivity contribution in [3.05, 3.63) is 103 Å². The highest BCUT2D eigenvalue weighted by atomic mass is 32.2. The summed E-state index contributed by atoms with van der Waals surface area (Å²) in [5.74, 6) is 1.15. The van der Waals surface area contributed by atoms with Gasteiger partial charge in [-0.2, -0.15) is 0 Å². The van der Waals surface area contributed by atoms with E-state index in [1.54, 1.807) is 18.2 Å². The normalized spacial score (nSPS) is 22.7. The van der Waals surface area contributed by atoms with E-state index in [9.17, 15) is 8.42 Å². The minimum Gasteiger partial charge on any atom is -0.341 e. The van der Waals surface area contributed by atoms with Gasteiger partial charge < -0.3 is 4.98 Å². The third-order valence-corrected chi connectivity index (χ3v) is 8.96. The van der Waals surface area contributed by atoms with Crippen molar-refractivity contribution >= 4 is 16.1 Å². The molecule has 6 heteroatoms. The first-order chi connectivity index (χ1) is 17.1. The maximum atomic E-state index is 13.1. The monoisotopic (exact) mass is 475 g/mol. The highest BCUT2D eigenvalue weighted by Crippen LogP contribution is 2.45. The Bertz CT molecular complexity index is 1680. The number of imidazole rings is 1. The molecule has 3 aromatic carbocycles. The van der Waals surface area contributed by atoms with Crippen LogP contribution < -0.4 is 0 Å². The number of fused-ring (bicyclic) bond motifs is 4. The first-order valence-electron chi connectivity index (χ1n) is 11.6. The molecule has 7 rings (SSSR count). The maximum absolute atomic E-state index is 13.1. The lowest BCUT2D eigenvalue weighted by Gasteiger charge is -2.18. The summed E-state index contributed by atoms with van der Waals surface area (Å²) in [6.45, 7) is 0. The maximum Gasteiger partial charge on any atom is 0.207 e. The molecule has 3 atom stereocenters. The zero-order valence-corrected chi connectivity index (χ0v) is 19.5. The summed E-state index contributed by atoms with van der Waals surface area (Å²) in [6, 6.07) is 23.0. The molecule has 35 heavy (non-hydrogen) atoms. The second-order valence-corrected chi connectivity index (χ2v) is 11.0. The average molecular weight is 476 g/mol. The van der Waals surface area contributed by atoms with Gasteiger partial charge in [0.25, 0.3) is 0 Å². The zero-order chi connectivity index (χ0) is 23.6. The number of allylic oxidation sites excluding steroid dienone is 2. The number of nitrogens with zero attached hydrogens (tertiary/aromatic N) is 2. The van der Waals surface area contributed by atoms with E-state index in [0.717, 1.165) is 39.5 Å². The van der Waals surface area contributed by atoms with Crippen LogP contribution in [0.1, 0.15) is 11.7 Å². The Hall–Kier alpha value is -4.03. The van der Waals surface area contributed by atoms with Crippen molar-refractivity contribution in [3.8, 4) is 33.6 Å². The molecule has 0 saturated carbocycles. The minimum atomic E-state index is -3.51. The summed E-state index contributed by atoms with van der Waals surface area (Å²) in [7, 11) is -3.51. The van der Waals surface area contributed by atoms with E-state index < -0.39 is 9.84 Å². The van der Waals surface area contributed by atoms with Gasteiger partial charge in [0.15, 0.2) is 0 Å². The lowest BCUT2D eigenvalue weighted by atomic mass is 9.87. The molecule has 3 unspecified atom stereocenters. The fraction of sp³-hybridized carbons (Fsp3) is 0.103. The Balaban J connectivity index is 1.40. The van der Waals surface area contributed by atoms with Crippen LogP contribution in [0.4, 0.5) is 0 Å². The number of aromatic amines is 1. The molecule has 0 saturated heterocycles. The molecule has 0 amide bonds. The fourth-order valence-electron chi connectivity index (χ4n) is 5.37. The highest BCUT2D eigenvalue weighted by molar-refractivity contribution is 7.92. The van der Waals surface area contributed by atoms with Gasteiger partial charge in [0.05, 0.1) is 33.1 Å². The second kappa shape index (κ2) is 7.48. The van der Waals surface area contributed by atoms with Crippen molar-refractivity contribution in [1.29, 1.82) is 0 Å². The Labute approximate surface area is 203 Å². The van der Waals surface area contributed by atoms with Crippen LogP contribution in [0.15, 0.2) is 112 Å². The van der Waals surface area contributed by atoms with Crippen molar-refractivity contribution in [2.24, 2.45) is 10.9 Å². The number of H-pyrrole nitrogens is 1. The molecule has 1 N–H and O–H groups in total. The van der Waals surface area contributed by atoms with E-state index in [4.69, 9.17) is 9.98 Å². The van der Waals surface area contributed by atoms with E-state index in [0.29, 0.717) is 9.79 Å². The molecular weight excluding hydrogens is 454 g/mol. The van der Waals surface area contributed by atoms with E-state index in [1.807, 2.05) is 54.8 Å². The first-order valence-corrected chi connectivity index (χ1v) is 13.1. The topological polar surface area (TPSA) is 75.2 Å². The standard InChI is InChI=1S/C29H21N3O2S/c33-35(34)25-13-7-5-11-21(25)22-16-19(14-15-26(22)35)28-27(18-8-2-1-3-9-18)31-29(32-28)23-17-30-24-12-6-4-10-20(23)24/h1-17,20,23-24H,(H,31,32). The zero-order valence-electron chi connectivity index (χ0n) is 18.7. The number of aromatic nitrogens is 2. The molecular formula is C29H21N3O2S.